The first-order valence-corrected chi connectivity index (χ1v) is 9.45. The van der Waals surface area contributed by atoms with E-state index in [1.165, 1.54) is 11.8 Å². The largest absolute Gasteiger partial charge is 0.497 e. The van der Waals surface area contributed by atoms with Gasteiger partial charge in [-0.15, -0.1) is 0 Å². The van der Waals surface area contributed by atoms with E-state index in [0.29, 0.717) is 16.5 Å². The highest BCUT2D eigenvalue weighted by atomic mass is 35.5. The van der Waals surface area contributed by atoms with Gasteiger partial charge in [0.1, 0.15) is 5.75 Å². The van der Waals surface area contributed by atoms with Crippen LogP contribution in [0.2, 0.25) is 5.02 Å². The molecule has 0 saturated carbocycles. The van der Waals surface area contributed by atoms with Crippen molar-refractivity contribution in [3.63, 3.8) is 0 Å². The quantitative estimate of drug-likeness (QED) is 0.694. The summed E-state index contributed by atoms with van der Waals surface area (Å²) in [5, 5.41) is 0.615. The zero-order chi connectivity index (χ0) is 18.8. The lowest BCUT2D eigenvalue weighted by Gasteiger charge is -2.32. The second-order valence-electron chi connectivity index (χ2n) is 6.98. The van der Waals surface area contributed by atoms with Gasteiger partial charge < -0.3 is 14.0 Å². The number of thioether (sulfide) groups is 1. The Bertz CT molecular complexity index is 672. The summed E-state index contributed by atoms with van der Waals surface area (Å²) in [5.41, 5.74) is 0.810. The molecule has 0 aliphatic carbocycles. The molecule has 136 valence electrons. The van der Waals surface area contributed by atoms with E-state index in [9.17, 15) is 4.79 Å². The second kappa shape index (κ2) is 7.74. The molecule has 0 amide bonds. The summed E-state index contributed by atoms with van der Waals surface area (Å²) >= 11 is 7.58. The normalized spacial score (nSPS) is 19.2. The van der Waals surface area contributed by atoms with Crippen molar-refractivity contribution in [1.82, 2.24) is 0 Å². The molecule has 1 heterocycles. The van der Waals surface area contributed by atoms with E-state index in [1.54, 1.807) is 20.1 Å². The molecule has 0 atom stereocenters. The van der Waals surface area contributed by atoms with Gasteiger partial charge in [0.2, 0.25) is 0 Å². The summed E-state index contributed by atoms with van der Waals surface area (Å²) in [7, 11) is 1.08. The van der Waals surface area contributed by atoms with Crippen molar-refractivity contribution >= 4 is 41.7 Å². The van der Waals surface area contributed by atoms with Gasteiger partial charge in [-0.05, 0) is 56.9 Å². The monoisotopic (exact) mass is 382 g/mol. The van der Waals surface area contributed by atoms with Crippen LogP contribution in [0.15, 0.2) is 23.7 Å². The Kier molecular flexibility index (Phi) is 6.31. The predicted molar refractivity (Wildman–Crippen MR) is 105 cm³/mol. The van der Waals surface area contributed by atoms with Gasteiger partial charge in [-0.25, -0.2) is 0 Å². The highest BCUT2D eigenvalue weighted by molar-refractivity contribution is 8.13. The lowest BCUT2D eigenvalue weighted by atomic mass is 9.78. The minimum atomic E-state index is -0.519. The smallest absolute Gasteiger partial charge is 0.491 e. The predicted octanol–water partition coefficient (Wildman–Crippen LogP) is 4.64. The van der Waals surface area contributed by atoms with Crippen LogP contribution in [0.5, 0.6) is 5.75 Å². The average Bonchev–Trinajstić information content (AvgIpc) is 2.72. The van der Waals surface area contributed by atoms with E-state index in [-0.39, 0.29) is 5.12 Å². The van der Waals surface area contributed by atoms with Crippen molar-refractivity contribution in [1.29, 1.82) is 0 Å². The maximum atomic E-state index is 11.4. The zero-order valence-corrected chi connectivity index (χ0v) is 17.1. The Hall–Kier alpha value is -0.945. The summed E-state index contributed by atoms with van der Waals surface area (Å²) in [6, 6.07) is 5.48. The van der Waals surface area contributed by atoms with E-state index in [1.807, 2.05) is 45.9 Å². The van der Waals surface area contributed by atoms with E-state index in [4.69, 9.17) is 25.6 Å². The number of benzene rings is 1. The third kappa shape index (κ3) is 4.82. The van der Waals surface area contributed by atoms with Gasteiger partial charge in [0.25, 0.3) is 0 Å². The van der Waals surface area contributed by atoms with Crippen molar-refractivity contribution in [2.75, 3.05) is 12.9 Å². The molecule has 4 nitrogen and oxygen atoms in total. The van der Waals surface area contributed by atoms with Crippen molar-refractivity contribution in [3.8, 4) is 5.75 Å². The highest BCUT2D eigenvalue weighted by Gasteiger charge is 2.52. The van der Waals surface area contributed by atoms with Crippen molar-refractivity contribution in [2.24, 2.45) is 0 Å². The molecular formula is C18H24BClO4S. The van der Waals surface area contributed by atoms with Gasteiger partial charge in [-0.3, -0.25) is 4.79 Å². The van der Waals surface area contributed by atoms with Gasteiger partial charge in [-0.1, -0.05) is 29.4 Å². The number of hydrogen-bond acceptors (Lipinski definition) is 5. The van der Waals surface area contributed by atoms with E-state index >= 15 is 0 Å². The Morgan fingerprint density at radius 3 is 2.36 bits per heavy atom. The standard InChI is InChI=1S/C18H24BClO4S/c1-12(21)25-11-14(19-23-17(2,3)18(4,5)24-19)9-13-7-8-15(22-6)10-16(13)20/h7-10H,11H2,1-6H3. The van der Waals surface area contributed by atoms with Crippen LogP contribution >= 0.6 is 23.4 Å². The molecule has 0 aromatic heterocycles. The molecule has 1 aromatic rings. The summed E-state index contributed by atoms with van der Waals surface area (Å²) in [5.74, 6) is 1.17. The fraction of sp³-hybridized carbons (Fsp3) is 0.500. The third-order valence-electron chi connectivity index (χ3n) is 4.55. The number of hydrogen-bond donors (Lipinski definition) is 0. The maximum Gasteiger partial charge on any atom is 0.491 e. The highest BCUT2D eigenvalue weighted by Crippen LogP contribution is 2.39. The number of ether oxygens (including phenoxy) is 1. The van der Waals surface area contributed by atoms with Gasteiger partial charge >= 0.3 is 7.12 Å². The third-order valence-corrected chi connectivity index (χ3v) is 5.76. The molecule has 7 heteroatoms. The number of carbonyl (C=O) groups is 1. The molecule has 0 N–H and O–H groups in total. The molecule has 1 fully saturated rings. The van der Waals surface area contributed by atoms with Gasteiger partial charge in [0.15, 0.2) is 5.12 Å². The van der Waals surface area contributed by atoms with Crippen molar-refractivity contribution < 1.29 is 18.8 Å². The first-order valence-electron chi connectivity index (χ1n) is 8.09. The van der Waals surface area contributed by atoms with Crippen LogP contribution in [0.1, 0.15) is 40.2 Å². The topological polar surface area (TPSA) is 44.8 Å². The molecule has 0 bridgehead atoms. The molecule has 1 saturated heterocycles. The lowest BCUT2D eigenvalue weighted by Crippen LogP contribution is -2.41. The van der Waals surface area contributed by atoms with E-state index < -0.39 is 18.3 Å². The van der Waals surface area contributed by atoms with Crippen LogP contribution in [-0.2, 0) is 14.1 Å². The van der Waals surface area contributed by atoms with Crippen molar-refractivity contribution in [2.45, 2.75) is 45.8 Å². The molecule has 0 spiro atoms. The minimum Gasteiger partial charge on any atom is -0.497 e. The number of halogens is 1. The van der Waals surface area contributed by atoms with Crippen LogP contribution in [0.4, 0.5) is 0 Å². The minimum absolute atomic E-state index is 0.0447. The van der Waals surface area contributed by atoms with Crippen LogP contribution in [0.25, 0.3) is 6.08 Å². The zero-order valence-electron chi connectivity index (χ0n) is 15.5. The molecule has 0 radical (unpaired) electrons. The SMILES string of the molecule is COc1ccc(C=C(CSC(C)=O)B2OC(C)(C)C(C)(C)O2)c(Cl)c1. The summed E-state index contributed by atoms with van der Waals surface area (Å²) in [6.45, 7) is 9.56. The Morgan fingerprint density at radius 1 is 1.28 bits per heavy atom. The molecule has 1 aliphatic heterocycles. The van der Waals surface area contributed by atoms with Crippen LogP contribution < -0.4 is 4.74 Å². The molecule has 25 heavy (non-hydrogen) atoms. The van der Waals surface area contributed by atoms with E-state index in [0.717, 1.165) is 11.0 Å². The second-order valence-corrected chi connectivity index (χ2v) is 8.53. The summed E-state index contributed by atoms with van der Waals surface area (Å²) in [6.07, 6.45) is 1.93. The summed E-state index contributed by atoms with van der Waals surface area (Å²) < 4.78 is 17.5. The first kappa shape index (κ1) is 20.4. The first-order chi connectivity index (χ1) is 11.6. The number of rotatable bonds is 5. The Labute approximate surface area is 159 Å². The summed E-state index contributed by atoms with van der Waals surface area (Å²) in [4.78, 5) is 11.4. The van der Waals surface area contributed by atoms with Crippen LogP contribution in [0.3, 0.4) is 0 Å². The number of methoxy groups -OCH3 is 1. The fourth-order valence-electron chi connectivity index (χ4n) is 2.31. The molecule has 0 unspecified atom stereocenters. The van der Waals surface area contributed by atoms with Gasteiger partial charge in [0.05, 0.1) is 23.3 Å². The molecular weight excluding hydrogens is 359 g/mol. The molecule has 1 aromatic carbocycles. The average molecular weight is 383 g/mol. The number of carbonyl (C=O) groups excluding carboxylic acids is 1. The lowest BCUT2D eigenvalue weighted by molar-refractivity contribution is -0.109. The maximum absolute atomic E-state index is 11.4. The Balaban J connectivity index is 2.35. The Morgan fingerprint density at radius 2 is 1.88 bits per heavy atom. The van der Waals surface area contributed by atoms with Gasteiger partial charge in [-0.2, -0.15) is 0 Å². The molecule has 2 rings (SSSR count). The van der Waals surface area contributed by atoms with Gasteiger partial charge in [0, 0.05) is 12.7 Å². The molecule has 1 aliphatic rings. The fourth-order valence-corrected chi connectivity index (χ4v) is 3.12. The van der Waals surface area contributed by atoms with E-state index in [2.05, 4.69) is 0 Å². The van der Waals surface area contributed by atoms with Crippen LogP contribution in [0, 0.1) is 0 Å². The van der Waals surface area contributed by atoms with Crippen molar-refractivity contribution in [3.05, 3.63) is 34.3 Å². The van der Waals surface area contributed by atoms with Crippen LogP contribution in [-0.4, -0.2) is 36.3 Å².